The Bertz CT molecular complexity index is 469. The summed E-state index contributed by atoms with van der Waals surface area (Å²) >= 11 is 0. The normalized spacial score (nSPS) is 21.5. The van der Waals surface area contributed by atoms with E-state index >= 15 is 0 Å². The molecule has 0 radical (unpaired) electrons. The molecule has 0 amide bonds. The molecule has 0 aromatic heterocycles. The number of ether oxygens (including phenoxy) is 2. The summed E-state index contributed by atoms with van der Waals surface area (Å²) in [6.07, 6.45) is -0.333. The maximum absolute atomic E-state index is 10.9. The van der Waals surface area contributed by atoms with Crippen LogP contribution in [0.1, 0.15) is 36.0 Å². The Hall–Kier alpha value is -1.75. The fourth-order valence-corrected chi connectivity index (χ4v) is 2.62. The van der Waals surface area contributed by atoms with Gasteiger partial charge in [-0.15, -0.1) is 0 Å². The number of aliphatic hydroxyl groups excluding tert-OH is 1. The molecule has 0 saturated heterocycles. The van der Waals surface area contributed by atoms with E-state index in [2.05, 4.69) is 0 Å². The maximum atomic E-state index is 10.9. The summed E-state index contributed by atoms with van der Waals surface area (Å²) in [5.74, 6) is 0.0576. The van der Waals surface area contributed by atoms with Gasteiger partial charge in [-0.2, -0.15) is 0 Å². The van der Waals surface area contributed by atoms with Crippen LogP contribution in [0.15, 0.2) is 12.1 Å². The van der Waals surface area contributed by atoms with E-state index in [0.717, 1.165) is 5.56 Å². The molecule has 0 heterocycles. The molecule has 5 nitrogen and oxygen atoms in total. The zero-order valence-corrected chi connectivity index (χ0v) is 10.3. The molecular formula is C13H16O5. The smallest absolute Gasteiger partial charge is 0.303 e. The second-order valence-electron chi connectivity index (χ2n) is 4.34. The lowest BCUT2D eigenvalue weighted by molar-refractivity contribution is -0.137. The Kier molecular flexibility index (Phi) is 3.43. The molecule has 0 spiro atoms. The Balaban J connectivity index is 2.52. The second kappa shape index (κ2) is 4.86. The minimum Gasteiger partial charge on any atom is -0.496 e. The van der Waals surface area contributed by atoms with Gasteiger partial charge >= 0.3 is 5.97 Å². The van der Waals surface area contributed by atoms with Crippen LogP contribution in [0.5, 0.6) is 11.5 Å². The zero-order valence-electron chi connectivity index (χ0n) is 10.3. The molecular weight excluding hydrogens is 236 g/mol. The van der Waals surface area contributed by atoms with Gasteiger partial charge in [0, 0.05) is 17.0 Å². The Morgan fingerprint density at radius 1 is 1.28 bits per heavy atom. The zero-order chi connectivity index (χ0) is 13.3. The van der Waals surface area contributed by atoms with Crippen LogP contribution < -0.4 is 9.47 Å². The minimum atomic E-state index is -0.884. The van der Waals surface area contributed by atoms with Crippen LogP contribution in [0, 0.1) is 0 Å². The second-order valence-corrected chi connectivity index (χ2v) is 4.34. The van der Waals surface area contributed by atoms with Crippen molar-refractivity contribution in [2.45, 2.75) is 24.9 Å². The molecule has 98 valence electrons. The molecule has 0 aliphatic heterocycles. The minimum absolute atomic E-state index is 0.0203. The number of aliphatic carboxylic acids is 1. The van der Waals surface area contributed by atoms with Gasteiger partial charge in [0.2, 0.25) is 0 Å². The van der Waals surface area contributed by atoms with Gasteiger partial charge in [-0.1, -0.05) is 0 Å². The summed E-state index contributed by atoms with van der Waals surface area (Å²) in [5, 5.41) is 19.0. The van der Waals surface area contributed by atoms with Crippen LogP contribution in [-0.2, 0) is 4.79 Å². The average molecular weight is 252 g/mol. The molecule has 0 bridgehead atoms. The molecule has 2 N–H and O–H groups in total. The molecule has 1 aromatic rings. The number of methoxy groups -OCH3 is 2. The van der Waals surface area contributed by atoms with Crippen molar-refractivity contribution < 1.29 is 24.5 Å². The van der Waals surface area contributed by atoms with E-state index in [0.29, 0.717) is 23.5 Å². The first kappa shape index (κ1) is 12.7. The molecule has 5 heteroatoms. The van der Waals surface area contributed by atoms with Crippen LogP contribution in [-0.4, -0.2) is 30.4 Å². The number of carboxylic acids is 1. The monoisotopic (exact) mass is 252 g/mol. The van der Waals surface area contributed by atoms with Crippen molar-refractivity contribution >= 4 is 5.97 Å². The number of aliphatic hydroxyl groups is 1. The number of benzene rings is 1. The van der Waals surface area contributed by atoms with E-state index < -0.39 is 12.1 Å². The van der Waals surface area contributed by atoms with Gasteiger partial charge in [0.05, 0.1) is 26.7 Å². The third kappa shape index (κ3) is 2.01. The summed E-state index contributed by atoms with van der Waals surface area (Å²) in [4.78, 5) is 10.9. The number of hydrogen-bond acceptors (Lipinski definition) is 4. The molecule has 2 atom stereocenters. The SMILES string of the molecule is COc1ccc(OC)c2c1C(O)CC2CC(=O)O. The molecule has 18 heavy (non-hydrogen) atoms. The van der Waals surface area contributed by atoms with Gasteiger partial charge in [-0.3, -0.25) is 4.79 Å². The van der Waals surface area contributed by atoms with E-state index in [1.807, 2.05) is 0 Å². The van der Waals surface area contributed by atoms with Crippen LogP contribution in [0.4, 0.5) is 0 Å². The number of carboxylic acid groups (broad SMARTS) is 1. The highest BCUT2D eigenvalue weighted by Gasteiger charge is 2.36. The summed E-state index contributed by atoms with van der Waals surface area (Å²) in [6.45, 7) is 0. The number of hydrogen-bond donors (Lipinski definition) is 2. The molecule has 2 unspecified atom stereocenters. The fourth-order valence-electron chi connectivity index (χ4n) is 2.62. The highest BCUT2D eigenvalue weighted by molar-refractivity contribution is 5.69. The third-order valence-electron chi connectivity index (χ3n) is 3.32. The quantitative estimate of drug-likeness (QED) is 0.853. The molecule has 0 saturated carbocycles. The highest BCUT2D eigenvalue weighted by atomic mass is 16.5. The molecule has 1 aromatic carbocycles. The first-order valence-corrected chi connectivity index (χ1v) is 5.73. The Morgan fingerprint density at radius 3 is 2.33 bits per heavy atom. The van der Waals surface area contributed by atoms with Gasteiger partial charge in [0.15, 0.2) is 0 Å². The lowest BCUT2D eigenvalue weighted by Crippen LogP contribution is -2.05. The predicted octanol–water partition coefficient (Wildman–Crippen LogP) is 1.70. The van der Waals surface area contributed by atoms with Crippen molar-refractivity contribution in [3.05, 3.63) is 23.3 Å². The van der Waals surface area contributed by atoms with Crippen molar-refractivity contribution in [3.8, 4) is 11.5 Å². The van der Waals surface area contributed by atoms with Gasteiger partial charge in [-0.25, -0.2) is 0 Å². The van der Waals surface area contributed by atoms with E-state index in [4.69, 9.17) is 14.6 Å². The van der Waals surface area contributed by atoms with Crippen molar-refractivity contribution in [1.29, 1.82) is 0 Å². The molecule has 0 fully saturated rings. The molecule has 2 rings (SSSR count). The van der Waals surface area contributed by atoms with Crippen molar-refractivity contribution in [3.63, 3.8) is 0 Å². The van der Waals surface area contributed by atoms with E-state index in [9.17, 15) is 9.90 Å². The summed E-state index contributed by atoms with van der Waals surface area (Å²) < 4.78 is 10.5. The third-order valence-corrected chi connectivity index (χ3v) is 3.32. The van der Waals surface area contributed by atoms with Crippen LogP contribution in [0.25, 0.3) is 0 Å². The van der Waals surface area contributed by atoms with E-state index in [1.165, 1.54) is 14.2 Å². The first-order chi connectivity index (χ1) is 8.58. The van der Waals surface area contributed by atoms with Crippen LogP contribution in [0.2, 0.25) is 0 Å². The lowest BCUT2D eigenvalue weighted by atomic mass is 9.96. The number of fused-ring (bicyclic) bond motifs is 1. The highest BCUT2D eigenvalue weighted by Crippen LogP contribution is 2.50. The predicted molar refractivity (Wildman–Crippen MR) is 64.1 cm³/mol. The standard InChI is InChI=1S/C13H16O5/c1-17-9-3-4-10(18-2)13-8(14)5-7(12(9)13)6-11(15)16/h3-4,7-8,14H,5-6H2,1-2H3,(H,15,16). The van der Waals surface area contributed by atoms with Crippen molar-refractivity contribution in [2.75, 3.05) is 14.2 Å². The number of carbonyl (C=O) groups is 1. The Morgan fingerprint density at radius 2 is 1.83 bits per heavy atom. The average Bonchev–Trinajstić information content (AvgIpc) is 2.65. The van der Waals surface area contributed by atoms with Gasteiger partial charge in [0.25, 0.3) is 0 Å². The van der Waals surface area contributed by atoms with Crippen LogP contribution in [0.3, 0.4) is 0 Å². The van der Waals surface area contributed by atoms with Crippen molar-refractivity contribution in [2.24, 2.45) is 0 Å². The van der Waals surface area contributed by atoms with Crippen molar-refractivity contribution in [1.82, 2.24) is 0 Å². The van der Waals surface area contributed by atoms with E-state index in [1.54, 1.807) is 12.1 Å². The molecule has 1 aliphatic carbocycles. The van der Waals surface area contributed by atoms with Crippen LogP contribution >= 0.6 is 0 Å². The Labute approximate surface area is 105 Å². The fraction of sp³-hybridized carbons (Fsp3) is 0.462. The molecule has 1 aliphatic rings. The first-order valence-electron chi connectivity index (χ1n) is 5.73. The lowest BCUT2D eigenvalue weighted by Gasteiger charge is -2.15. The van der Waals surface area contributed by atoms with E-state index in [-0.39, 0.29) is 12.3 Å². The number of rotatable bonds is 4. The maximum Gasteiger partial charge on any atom is 0.303 e. The van der Waals surface area contributed by atoms with Gasteiger partial charge < -0.3 is 19.7 Å². The summed E-state index contributed by atoms with van der Waals surface area (Å²) in [6, 6.07) is 3.47. The topological polar surface area (TPSA) is 76.0 Å². The van der Waals surface area contributed by atoms with Gasteiger partial charge in [0.1, 0.15) is 11.5 Å². The summed E-state index contributed by atoms with van der Waals surface area (Å²) in [7, 11) is 3.06. The summed E-state index contributed by atoms with van der Waals surface area (Å²) in [5.41, 5.74) is 1.41. The largest absolute Gasteiger partial charge is 0.496 e. The van der Waals surface area contributed by atoms with Gasteiger partial charge in [-0.05, 0) is 18.6 Å².